The Bertz CT molecular complexity index is 380. The maximum absolute atomic E-state index is 12.1. The van der Waals surface area contributed by atoms with Crippen molar-refractivity contribution in [3.8, 4) is 0 Å². The number of amides is 1. The predicted molar refractivity (Wildman–Crippen MR) is 75.8 cm³/mol. The summed E-state index contributed by atoms with van der Waals surface area (Å²) in [6.07, 6.45) is 6.98. The molecule has 0 aromatic heterocycles. The van der Waals surface area contributed by atoms with Gasteiger partial charge in [0.15, 0.2) is 0 Å². The standard InChI is InChI=1S/C15H20ClNO/c16-11-12-7-9-14(10-8-12)17-15(18)13-5-3-1-2-4-6-13/h7-10,13H,1-6,11H2,(H,17,18). The van der Waals surface area contributed by atoms with Gasteiger partial charge in [0, 0.05) is 17.5 Å². The summed E-state index contributed by atoms with van der Waals surface area (Å²) in [5, 5.41) is 3.01. The summed E-state index contributed by atoms with van der Waals surface area (Å²) in [7, 11) is 0. The van der Waals surface area contributed by atoms with Gasteiger partial charge in [-0.2, -0.15) is 0 Å². The molecule has 0 radical (unpaired) electrons. The van der Waals surface area contributed by atoms with Crippen molar-refractivity contribution in [3.05, 3.63) is 29.8 Å². The smallest absolute Gasteiger partial charge is 0.227 e. The molecule has 98 valence electrons. The lowest BCUT2D eigenvalue weighted by Gasteiger charge is -2.14. The number of hydrogen-bond acceptors (Lipinski definition) is 1. The Morgan fingerprint density at radius 1 is 1.11 bits per heavy atom. The van der Waals surface area contributed by atoms with Crippen molar-refractivity contribution >= 4 is 23.2 Å². The van der Waals surface area contributed by atoms with Crippen molar-refractivity contribution in [1.29, 1.82) is 0 Å². The van der Waals surface area contributed by atoms with E-state index in [0.717, 1.165) is 24.1 Å². The molecule has 1 aromatic rings. The van der Waals surface area contributed by atoms with Crippen LogP contribution in [0.15, 0.2) is 24.3 Å². The van der Waals surface area contributed by atoms with Crippen molar-refractivity contribution in [1.82, 2.24) is 0 Å². The molecule has 1 N–H and O–H groups in total. The lowest BCUT2D eigenvalue weighted by atomic mass is 9.99. The molecule has 18 heavy (non-hydrogen) atoms. The van der Waals surface area contributed by atoms with E-state index in [-0.39, 0.29) is 11.8 Å². The fourth-order valence-electron chi connectivity index (χ4n) is 2.46. The number of rotatable bonds is 3. The molecule has 0 atom stereocenters. The van der Waals surface area contributed by atoms with Crippen LogP contribution in [-0.2, 0) is 10.7 Å². The molecule has 3 heteroatoms. The number of benzene rings is 1. The van der Waals surface area contributed by atoms with Crippen molar-refractivity contribution in [3.63, 3.8) is 0 Å². The average Bonchev–Trinajstić information content (AvgIpc) is 2.68. The maximum atomic E-state index is 12.1. The highest BCUT2D eigenvalue weighted by Crippen LogP contribution is 2.24. The minimum absolute atomic E-state index is 0.176. The third-order valence-electron chi connectivity index (χ3n) is 3.60. The van der Waals surface area contributed by atoms with Gasteiger partial charge in [-0.1, -0.05) is 37.8 Å². The topological polar surface area (TPSA) is 29.1 Å². The number of anilines is 1. The first kappa shape index (κ1) is 13.4. The van der Waals surface area contributed by atoms with Crippen LogP contribution < -0.4 is 5.32 Å². The molecule has 1 aromatic carbocycles. The molecule has 1 amide bonds. The molecule has 0 aliphatic heterocycles. The summed E-state index contributed by atoms with van der Waals surface area (Å²) >= 11 is 5.74. The largest absolute Gasteiger partial charge is 0.326 e. The Balaban J connectivity index is 1.92. The number of halogens is 1. The van der Waals surface area contributed by atoms with Crippen LogP contribution in [0.5, 0.6) is 0 Å². The summed E-state index contributed by atoms with van der Waals surface area (Å²) in [5.41, 5.74) is 1.95. The molecule has 2 nitrogen and oxygen atoms in total. The van der Waals surface area contributed by atoms with Crippen molar-refractivity contribution in [2.75, 3.05) is 5.32 Å². The number of hydrogen-bond donors (Lipinski definition) is 1. The Morgan fingerprint density at radius 2 is 1.72 bits per heavy atom. The van der Waals surface area contributed by atoms with Crippen molar-refractivity contribution in [2.24, 2.45) is 5.92 Å². The van der Waals surface area contributed by atoms with E-state index in [4.69, 9.17) is 11.6 Å². The molecule has 1 aliphatic rings. The Hall–Kier alpha value is -1.02. The van der Waals surface area contributed by atoms with Gasteiger partial charge in [0.2, 0.25) is 5.91 Å². The van der Waals surface area contributed by atoms with E-state index in [9.17, 15) is 4.79 Å². The number of carbonyl (C=O) groups is 1. The van der Waals surface area contributed by atoms with Crippen molar-refractivity contribution in [2.45, 2.75) is 44.4 Å². The van der Waals surface area contributed by atoms with Gasteiger partial charge in [0.25, 0.3) is 0 Å². The van der Waals surface area contributed by atoms with E-state index < -0.39 is 0 Å². The van der Waals surface area contributed by atoms with Crippen LogP contribution in [0.2, 0.25) is 0 Å². The van der Waals surface area contributed by atoms with Crippen LogP contribution in [-0.4, -0.2) is 5.91 Å². The van der Waals surface area contributed by atoms with E-state index in [0.29, 0.717) is 5.88 Å². The van der Waals surface area contributed by atoms with Gasteiger partial charge in [0.1, 0.15) is 0 Å². The van der Waals surface area contributed by atoms with Gasteiger partial charge in [-0.05, 0) is 30.5 Å². The van der Waals surface area contributed by atoms with Crippen LogP contribution in [0.1, 0.15) is 44.1 Å². The number of carbonyl (C=O) groups excluding carboxylic acids is 1. The van der Waals surface area contributed by atoms with Crippen LogP contribution in [0.25, 0.3) is 0 Å². The minimum atomic E-state index is 0.176. The average molecular weight is 266 g/mol. The molecule has 0 saturated heterocycles. The fourth-order valence-corrected chi connectivity index (χ4v) is 2.64. The molecule has 0 bridgehead atoms. The van der Waals surface area contributed by atoms with Gasteiger partial charge in [0.05, 0.1) is 0 Å². The van der Waals surface area contributed by atoms with E-state index in [1.54, 1.807) is 0 Å². The highest BCUT2D eigenvalue weighted by atomic mass is 35.5. The first-order chi connectivity index (χ1) is 8.79. The Morgan fingerprint density at radius 3 is 2.28 bits per heavy atom. The summed E-state index contributed by atoms with van der Waals surface area (Å²) < 4.78 is 0. The first-order valence-corrected chi connectivity index (χ1v) is 7.29. The molecule has 0 unspecified atom stereocenters. The molecular weight excluding hydrogens is 246 g/mol. The van der Waals surface area contributed by atoms with Crippen LogP contribution in [0.3, 0.4) is 0 Å². The molecule has 2 rings (SSSR count). The van der Waals surface area contributed by atoms with Gasteiger partial charge < -0.3 is 5.32 Å². The van der Waals surface area contributed by atoms with E-state index in [1.165, 1.54) is 25.7 Å². The summed E-state index contributed by atoms with van der Waals surface area (Å²) in [6.45, 7) is 0. The second kappa shape index (κ2) is 6.79. The summed E-state index contributed by atoms with van der Waals surface area (Å²) in [4.78, 5) is 12.1. The highest BCUT2D eigenvalue weighted by molar-refractivity contribution is 6.17. The quantitative estimate of drug-likeness (QED) is 0.639. The zero-order valence-corrected chi connectivity index (χ0v) is 11.4. The van der Waals surface area contributed by atoms with E-state index in [1.807, 2.05) is 24.3 Å². The SMILES string of the molecule is O=C(Nc1ccc(CCl)cc1)C1CCCCCC1. The van der Waals surface area contributed by atoms with Crippen LogP contribution in [0.4, 0.5) is 5.69 Å². The molecule has 0 spiro atoms. The first-order valence-electron chi connectivity index (χ1n) is 6.75. The lowest BCUT2D eigenvalue weighted by molar-refractivity contribution is -0.120. The zero-order chi connectivity index (χ0) is 12.8. The molecular formula is C15H20ClNO. The van der Waals surface area contributed by atoms with E-state index >= 15 is 0 Å². The second-order valence-electron chi connectivity index (χ2n) is 5.01. The van der Waals surface area contributed by atoms with Gasteiger partial charge >= 0.3 is 0 Å². The second-order valence-corrected chi connectivity index (χ2v) is 5.28. The monoisotopic (exact) mass is 265 g/mol. The molecule has 1 aliphatic carbocycles. The summed E-state index contributed by atoms with van der Waals surface area (Å²) in [6, 6.07) is 7.75. The maximum Gasteiger partial charge on any atom is 0.227 e. The minimum Gasteiger partial charge on any atom is -0.326 e. The number of alkyl halides is 1. The molecule has 1 fully saturated rings. The fraction of sp³-hybridized carbons (Fsp3) is 0.533. The molecule has 1 saturated carbocycles. The summed E-state index contributed by atoms with van der Waals surface area (Å²) in [5.74, 6) is 0.882. The predicted octanol–water partition coefficient (Wildman–Crippen LogP) is 4.33. The third kappa shape index (κ3) is 3.74. The number of nitrogens with one attached hydrogen (secondary N) is 1. The third-order valence-corrected chi connectivity index (χ3v) is 3.91. The van der Waals surface area contributed by atoms with Crippen LogP contribution >= 0.6 is 11.6 Å². The molecule has 0 heterocycles. The lowest BCUT2D eigenvalue weighted by Crippen LogP contribution is -2.22. The van der Waals surface area contributed by atoms with Gasteiger partial charge in [-0.25, -0.2) is 0 Å². The van der Waals surface area contributed by atoms with Crippen molar-refractivity contribution < 1.29 is 4.79 Å². The Kier molecular flexibility index (Phi) is 5.06. The normalized spacial score (nSPS) is 17.2. The van der Waals surface area contributed by atoms with Crippen LogP contribution in [0, 0.1) is 5.92 Å². The van der Waals surface area contributed by atoms with E-state index in [2.05, 4.69) is 5.32 Å². The highest BCUT2D eigenvalue weighted by Gasteiger charge is 2.19. The zero-order valence-electron chi connectivity index (χ0n) is 10.6. The van der Waals surface area contributed by atoms with Gasteiger partial charge in [-0.3, -0.25) is 4.79 Å². The van der Waals surface area contributed by atoms with Gasteiger partial charge in [-0.15, -0.1) is 11.6 Å². The Labute approximate surface area is 114 Å².